The standard InChI is InChI=1S/C9H8BrN3O/c10-9-3-8(2-1-7(9)4-14)13-6-11-5-12-13/h1-3,5-6,14H,4H2. The minimum atomic E-state index is 0.0260. The fourth-order valence-corrected chi connectivity index (χ4v) is 1.64. The summed E-state index contributed by atoms with van der Waals surface area (Å²) in [7, 11) is 0. The Morgan fingerprint density at radius 1 is 1.43 bits per heavy atom. The van der Waals surface area contributed by atoms with E-state index in [1.807, 2.05) is 18.2 Å². The molecule has 0 unspecified atom stereocenters. The molecule has 0 saturated heterocycles. The highest BCUT2D eigenvalue weighted by Crippen LogP contribution is 2.20. The van der Waals surface area contributed by atoms with Gasteiger partial charge in [0.2, 0.25) is 0 Å². The lowest BCUT2D eigenvalue weighted by Gasteiger charge is -2.04. The summed E-state index contributed by atoms with van der Waals surface area (Å²) >= 11 is 3.37. The highest BCUT2D eigenvalue weighted by Gasteiger charge is 2.01. The van der Waals surface area contributed by atoms with Crippen molar-refractivity contribution >= 4 is 15.9 Å². The van der Waals surface area contributed by atoms with Crippen LogP contribution >= 0.6 is 15.9 Å². The van der Waals surface area contributed by atoms with Gasteiger partial charge in [-0.1, -0.05) is 22.0 Å². The van der Waals surface area contributed by atoms with Gasteiger partial charge in [-0.25, -0.2) is 9.67 Å². The number of nitrogens with zero attached hydrogens (tertiary/aromatic N) is 3. The van der Waals surface area contributed by atoms with Crippen LogP contribution in [0.25, 0.3) is 5.69 Å². The van der Waals surface area contributed by atoms with Crippen LogP contribution in [0.5, 0.6) is 0 Å². The summed E-state index contributed by atoms with van der Waals surface area (Å²) in [5.74, 6) is 0. The molecule has 72 valence electrons. The van der Waals surface area contributed by atoms with Gasteiger partial charge in [-0.15, -0.1) is 0 Å². The summed E-state index contributed by atoms with van der Waals surface area (Å²) in [4.78, 5) is 3.86. The number of halogens is 1. The van der Waals surface area contributed by atoms with Crippen molar-refractivity contribution in [3.63, 3.8) is 0 Å². The number of hydrogen-bond donors (Lipinski definition) is 1. The Labute approximate surface area is 89.3 Å². The summed E-state index contributed by atoms with van der Waals surface area (Å²) in [6, 6.07) is 5.62. The third kappa shape index (κ3) is 1.69. The molecule has 1 aromatic heterocycles. The fraction of sp³-hybridized carbons (Fsp3) is 0.111. The van der Waals surface area contributed by atoms with Gasteiger partial charge in [0.15, 0.2) is 0 Å². The Morgan fingerprint density at radius 2 is 2.29 bits per heavy atom. The lowest BCUT2D eigenvalue weighted by molar-refractivity contribution is 0.281. The number of aromatic nitrogens is 3. The summed E-state index contributed by atoms with van der Waals surface area (Å²) in [5, 5.41) is 13.0. The van der Waals surface area contributed by atoms with Crippen LogP contribution in [-0.2, 0) is 6.61 Å². The molecule has 2 rings (SSSR count). The van der Waals surface area contributed by atoms with Crippen LogP contribution in [0.4, 0.5) is 0 Å². The Balaban J connectivity index is 2.43. The lowest BCUT2D eigenvalue weighted by atomic mass is 10.2. The number of rotatable bonds is 2. The molecule has 14 heavy (non-hydrogen) atoms. The highest BCUT2D eigenvalue weighted by atomic mass is 79.9. The van der Waals surface area contributed by atoms with Crippen LogP contribution in [-0.4, -0.2) is 19.9 Å². The van der Waals surface area contributed by atoms with Gasteiger partial charge >= 0.3 is 0 Å². The Bertz CT molecular complexity index is 428. The molecule has 0 bridgehead atoms. The van der Waals surface area contributed by atoms with E-state index in [1.54, 1.807) is 11.0 Å². The van der Waals surface area contributed by atoms with E-state index in [1.165, 1.54) is 6.33 Å². The molecule has 1 aromatic carbocycles. The van der Waals surface area contributed by atoms with Crippen LogP contribution < -0.4 is 0 Å². The second-order valence-corrected chi connectivity index (χ2v) is 3.63. The lowest BCUT2D eigenvalue weighted by Crippen LogP contribution is -1.95. The van der Waals surface area contributed by atoms with Crippen LogP contribution in [0.2, 0.25) is 0 Å². The van der Waals surface area contributed by atoms with E-state index < -0.39 is 0 Å². The summed E-state index contributed by atoms with van der Waals surface area (Å²) in [6.45, 7) is 0.0260. The normalized spacial score (nSPS) is 10.4. The first-order valence-corrected chi connectivity index (χ1v) is 4.85. The molecule has 1 N–H and O–H groups in total. The molecule has 0 aliphatic rings. The topological polar surface area (TPSA) is 50.9 Å². The summed E-state index contributed by atoms with van der Waals surface area (Å²) < 4.78 is 2.53. The van der Waals surface area contributed by atoms with Crippen LogP contribution in [0, 0.1) is 0 Å². The van der Waals surface area contributed by atoms with Crippen molar-refractivity contribution in [2.24, 2.45) is 0 Å². The van der Waals surface area contributed by atoms with Crippen molar-refractivity contribution in [1.29, 1.82) is 0 Å². The number of hydrogen-bond acceptors (Lipinski definition) is 3. The summed E-state index contributed by atoms with van der Waals surface area (Å²) in [6.07, 6.45) is 3.11. The molecule has 5 heteroatoms. The number of benzene rings is 1. The first-order chi connectivity index (χ1) is 6.81. The van der Waals surface area contributed by atoms with E-state index in [4.69, 9.17) is 5.11 Å². The van der Waals surface area contributed by atoms with Crippen molar-refractivity contribution in [1.82, 2.24) is 14.8 Å². The maximum atomic E-state index is 8.98. The van der Waals surface area contributed by atoms with Crippen LogP contribution in [0.15, 0.2) is 35.3 Å². The zero-order valence-electron chi connectivity index (χ0n) is 7.26. The van der Waals surface area contributed by atoms with E-state index in [0.29, 0.717) is 0 Å². The molecule has 0 fully saturated rings. The predicted octanol–water partition coefficient (Wildman–Crippen LogP) is 1.52. The molecule has 0 saturated carbocycles. The Morgan fingerprint density at radius 3 is 2.86 bits per heavy atom. The van der Waals surface area contributed by atoms with E-state index in [-0.39, 0.29) is 6.61 Å². The minimum Gasteiger partial charge on any atom is -0.392 e. The van der Waals surface area contributed by atoms with Crippen molar-refractivity contribution in [2.45, 2.75) is 6.61 Å². The van der Waals surface area contributed by atoms with Gasteiger partial charge in [-0.05, 0) is 17.7 Å². The highest BCUT2D eigenvalue weighted by molar-refractivity contribution is 9.10. The van der Waals surface area contributed by atoms with Crippen LogP contribution in [0.3, 0.4) is 0 Å². The van der Waals surface area contributed by atoms with Crippen molar-refractivity contribution in [3.05, 3.63) is 40.9 Å². The summed E-state index contributed by atoms with van der Waals surface area (Å²) in [5.41, 5.74) is 1.76. The van der Waals surface area contributed by atoms with Gasteiger partial charge in [0.1, 0.15) is 12.7 Å². The van der Waals surface area contributed by atoms with Crippen molar-refractivity contribution in [2.75, 3.05) is 0 Å². The van der Waals surface area contributed by atoms with Gasteiger partial charge in [0, 0.05) is 4.47 Å². The quantitative estimate of drug-likeness (QED) is 0.883. The Kier molecular flexibility index (Phi) is 2.60. The third-order valence-corrected chi connectivity index (χ3v) is 2.63. The maximum absolute atomic E-state index is 8.98. The van der Waals surface area contributed by atoms with E-state index in [2.05, 4.69) is 26.0 Å². The first kappa shape index (κ1) is 9.36. The second kappa shape index (κ2) is 3.89. The van der Waals surface area contributed by atoms with Crippen LogP contribution in [0.1, 0.15) is 5.56 Å². The van der Waals surface area contributed by atoms with Gasteiger partial charge in [0.05, 0.1) is 12.3 Å². The Hall–Kier alpha value is -1.20. The predicted molar refractivity (Wildman–Crippen MR) is 55.0 cm³/mol. The molecule has 0 aliphatic heterocycles. The maximum Gasteiger partial charge on any atom is 0.138 e. The van der Waals surface area contributed by atoms with E-state index in [9.17, 15) is 0 Å². The zero-order chi connectivity index (χ0) is 9.97. The molecule has 2 aromatic rings. The molecule has 0 amide bonds. The molecule has 0 radical (unpaired) electrons. The molecule has 1 heterocycles. The molecule has 0 spiro atoms. The number of aliphatic hydroxyl groups excluding tert-OH is 1. The SMILES string of the molecule is OCc1ccc(-n2cncn2)cc1Br. The second-order valence-electron chi connectivity index (χ2n) is 2.77. The molecular weight excluding hydrogens is 246 g/mol. The van der Waals surface area contributed by atoms with Gasteiger partial charge in [0.25, 0.3) is 0 Å². The van der Waals surface area contributed by atoms with E-state index >= 15 is 0 Å². The molecule has 0 aliphatic carbocycles. The van der Waals surface area contributed by atoms with E-state index in [0.717, 1.165) is 15.7 Å². The fourth-order valence-electron chi connectivity index (χ4n) is 1.15. The average Bonchev–Trinajstić information content (AvgIpc) is 2.70. The average molecular weight is 254 g/mol. The first-order valence-electron chi connectivity index (χ1n) is 4.05. The smallest absolute Gasteiger partial charge is 0.138 e. The third-order valence-electron chi connectivity index (χ3n) is 1.89. The molecule has 4 nitrogen and oxygen atoms in total. The van der Waals surface area contributed by atoms with Gasteiger partial charge < -0.3 is 5.11 Å². The monoisotopic (exact) mass is 253 g/mol. The number of aliphatic hydroxyl groups is 1. The van der Waals surface area contributed by atoms with Crippen molar-refractivity contribution in [3.8, 4) is 5.69 Å². The minimum absolute atomic E-state index is 0.0260. The van der Waals surface area contributed by atoms with Gasteiger partial charge in [-0.3, -0.25) is 0 Å². The van der Waals surface area contributed by atoms with Gasteiger partial charge in [-0.2, -0.15) is 5.10 Å². The van der Waals surface area contributed by atoms with Crippen molar-refractivity contribution < 1.29 is 5.11 Å². The largest absolute Gasteiger partial charge is 0.392 e. The molecular formula is C9H8BrN3O. The zero-order valence-corrected chi connectivity index (χ0v) is 8.85. The molecule has 0 atom stereocenters.